The molecular weight excluding hydrogens is 651 g/mol. The van der Waals surface area contributed by atoms with E-state index < -0.39 is 0 Å². The van der Waals surface area contributed by atoms with E-state index in [4.69, 9.17) is 0 Å². The van der Waals surface area contributed by atoms with Gasteiger partial charge in [-0.15, -0.1) is 0 Å². The van der Waals surface area contributed by atoms with E-state index in [1.165, 1.54) is 103 Å². The van der Waals surface area contributed by atoms with Gasteiger partial charge in [0.1, 0.15) is 0 Å². The summed E-state index contributed by atoms with van der Waals surface area (Å²) in [6, 6.07) is 65.7. The van der Waals surface area contributed by atoms with Crippen molar-refractivity contribution in [2.75, 3.05) is 4.90 Å². The van der Waals surface area contributed by atoms with Crippen molar-refractivity contribution in [3.05, 3.63) is 198 Å². The molecule has 0 aliphatic heterocycles. The molecule has 0 amide bonds. The number of aryl methyl sites for hydroxylation is 2. The van der Waals surface area contributed by atoms with Crippen LogP contribution in [0.3, 0.4) is 0 Å². The number of rotatable bonds is 6. The van der Waals surface area contributed by atoms with E-state index in [9.17, 15) is 0 Å². The van der Waals surface area contributed by atoms with E-state index in [2.05, 4.69) is 195 Å². The highest BCUT2D eigenvalue weighted by Crippen LogP contribution is 2.52. The summed E-state index contributed by atoms with van der Waals surface area (Å²) in [5.74, 6) is 0. The smallest absolute Gasteiger partial charge is 0.0540 e. The molecule has 0 spiro atoms. The summed E-state index contributed by atoms with van der Waals surface area (Å²) in [4.78, 5) is 2.48. The van der Waals surface area contributed by atoms with Crippen LogP contribution in [0.15, 0.2) is 176 Å². The van der Waals surface area contributed by atoms with Crippen molar-refractivity contribution in [2.45, 2.75) is 44.9 Å². The fourth-order valence-corrected chi connectivity index (χ4v) is 9.19. The zero-order valence-corrected chi connectivity index (χ0v) is 31.0. The molecular formula is C53H43N. The third-order valence-electron chi connectivity index (χ3n) is 12.0. The molecule has 10 rings (SSSR count). The first-order valence-electron chi connectivity index (χ1n) is 19.5. The third-order valence-corrected chi connectivity index (χ3v) is 12.0. The topological polar surface area (TPSA) is 3.24 Å². The van der Waals surface area contributed by atoms with E-state index in [1.54, 1.807) is 0 Å². The first-order chi connectivity index (χ1) is 26.5. The van der Waals surface area contributed by atoms with Crippen molar-refractivity contribution in [1.29, 1.82) is 0 Å². The number of fused-ring (bicyclic) bond motifs is 5. The van der Waals surface area contributed by atoms with Crippen LogP contribution in [0.4, 0.5) is 17.1 Å². The first-order valence-corrected chi connectivity index (χ1v) is 19.5. The number of para-hydroxylation sites is 1. The van der Waals surface area contributed by atoms with E-state index >= 15 is 0 Å². The van der Waals surface area contributed by atoms with Gasteiger partial charge in [-0.3, -0.25) is 0 Å². The van der Waals surface area contributed by atoms with Crippen LogP contribution >= 0.6 is 0 Å². The lowest BCUT2D eigenvalue weighted by Crippen LogP contribution is -2.17. The number of anilines is 3. The number of hydrogen-bond acceptors (Lipinski definition) is 1. The molecule has 8 aromatic rings. The predicted octanol–water partition coefficient (Wildman–Crippen LogP) is 14.5. The Morgan fingerprint density at radius 2 is 1.00 bits per heavy atom. The summed E-state index contributed by atoms with van der Waals surface area (Å²) >= 11 is 0. The zero-order chi connectivity index (χ0) is 36.2. The van der Waals surface area contributed by atoms with Crippen LogP contribution in [0.2, 0.25) is 0 Å². The second kappa shape index (κ2) is 13.0. The Balaban J connectivity index is 1.17. The molecule has 0 saturated carbocycles. The SMILES string of the molecule is CC1(C)c2ccccc2-c2ccc(N(c3ccc(-c4ccc5c(c4)CCCC5)cc3)c3ccccc3-c3cc4ccccc4cc3-c3ccccc3)cc21. The van der Waals surface area contributed by atoms with Gasteiger partial charge in [0.2, 0.25) is 0 Å². The average molecular weight is 694 g/mol. The maximum atomic E-state index is 2.48. The van der Waals surface area contributed by atoms with Crippen LogP contribution in [0.1, 0.15) is 48.9 Å². The Morgan fingerprint density at radius 3 is 1.80 bits per heavy atom. The maximum Gasteiger partial charge on any atom is 0.0540 e. The molecule has 0 saturated heterocycles. The van der Waals surface area contributed by atoms with Gasteiger partial charge in [0.15, 0.2) is 0 Å². The molecule has 0 aromatic heterocycles. The van der Waals surface area contributed by atoms with Gasteiger partial charge in [-0.2, -0.15) is 0 Å². The minimum atomic E-state index is -0.109. The Bertz CT molecular complexity index is 2680. The van der Waals surface area contributed by atoms with E-state index in [1.807, 2.05) is 0 Å². The van der Waals surface area contributed by atoms with Gasteiger partial charge in [-0.05, 0) is 140 Å². The lowest BCUT2D eigenvalue weighted by Gasteiger charge is -2.30. The average Bonchev–Trinajstić information content (AvgIpc) is 3.46. The molecule has 0 heterocycles. The molecule has 1 heteroatoms. The Hall–Kier alpha value is -6.18. The van der Waals surface area contributed by atoms with Gasteiger partial charge in [0.05, 0.1) is 5.69 Å². The highest BCUT2D eigenvalue weighted by molar-refractivity contribution is 6.01. The molecule has 2 aliphatic carbocycles. The van der Waals surface area contributed by atoms with Crippen LogP contribution in [-0.2, 0) is 18.3 Å². The normalized spacial score (nSPS) is 14.0. The Kier molecular flexibility index (Phi) is 7.84. The fourth-order valence-electron chi connectivity index (χ4n) is 9.19. The summed E-state index contributed by atoms with van der Waals surface area (Å²) in [5, 5.41) is 2.48. The second-order valence-corrected chi connectivity index (χ2v) is 15.6. The highest BCUT2D eigenvalue weighted by atomic mass is 15.1. The first kappa shape index (κ1) is 32.5. The fraction of sp³-hybridized carbons (Fsp3) is 0.132. The summed E-state index contributed by atoms with van der Waals surface area (Å²) in [7, 11) is 0. The molecule has 54 heavy (non-hydrogen) atoms. The largest absolute Gasteiger partial charge is 0.310 e. The van der Waals surface area contributed by atoms with Gasteiger partial charge in [-0.1, -0.05) is 147 Å². The van der Waals surface area contributed by atoms with Gasteiger partial charge >= 0.3 is 0 Å². The lowest BCUT2D eigenvalue weighted by atomic mass is 9.82. The second-order valence-electron chi connectivity index (χ2n) is 15.6. The monoisotopic (exact) mass is 693 g/mol. The number of benzene rings is 8. The van der Waals surface area contributed by atoms with Crippen molar-refractivity contribution in [3.63, 3.8) is 0 Å². The van der Waals surface area contributed by atoms with Gasteiger partial charge < -0.3 is 4.90 Å². The van der Waals surface area contributed by atoms with Crippen LogP contribution in [0.25, 0.3) is 55.3 Å². The van der Waals surface area contributed by atoms with Gasteiger partial charge in [-0.25, -0.2) is 0 Å². The van der Waals surface area contributed by atoms with Gasteiger partial charge in [0.25, 0.3) is 0 Å². The van der Waals surface area contributed by atoms with Crippen LogP contribution in [0.5, 0.6) is 0 Å². The summed E-state index contributed by atoms with van der Waals surface area (Å²) in [6.45, 7) is 4.74. The standard InChI is InChI=1S/C53H43N/c1-53(2)50-22-12-10-20-45(50)46-31-30-44(35-51(46)53)54(43-28-26-37(27-29-43)42-25-24-36-14-6-7-17-39(36)32-42)52-23-13-11-21-47(52)49-34-41-19-9-8-18-40(41)33-48(49)38-15-4-3-5-16-38/h3-5,8-13,15-16,18-35H,6-7,14,17H2,1-2H3. The van der Waals surface area contributed by atoms with E-state index in [-0.39, 0.29) is 5.41 Å². The van der Waals surface area contributed by atoms with Crippen LogP contribution in [0, 0.1) is 0 Å². The maximum absolute atomic E-state index is 2.48. The molecule has 0 atom stereocenters. The molecule has 8 aromatic carbocycles. The Morgan fingerprint density at radius 1 is 0.389 bits per heavy atom. The van der Waals surface area contributed by atoms with E-state index in [0.29, 0.717) is 0 Å². The third kappa shape index (κ3) is 5.46. The molecule has 2 aliphatic rings. The predicted molar refractivity (Wildman–Crippen MR) is 229 cm³/mol. The lowest BCUT2D eigenvalue weighted by molar-refractivity contribution is 0.660. The summed E-state index contributed by atoms with van der Waals surface area (Å²) < 4.78 is 0. The minimum Gasteiger partial charge on any atom is -0.310 e. The highest BCUT2D eigenvalue weighted by Gasteiger charge is 2.36. The van der Waals surface area contributed by atoms with E-state index in [0.717, 1.165) is 17.1 Å². The molecule has 0 fully saturated rings. The van der Waals surface area contributed by atoms with Crippen molar-refractivity contribution >= 4 is 27.8 Å². The molecule has 0 radical (unpaired) electrons. The molecule has 0 bridgehead atoms. The molecule has 260 valence electrons. The molecule has 0 unspecified atom stereocenters. The summed E-state index contributed by atoms with van der Waals surface area (Å²) in [5.41, 5.74) is 19.2. The Labute approximate surface area is 319 Å². The van der Waals surface area contributed by atoms with Crippen molar-refractivity contribution in [2.24, 2.45) is 0 Å². The zero-order valence-electron chi connectivity index (χ0n) is 31.0. The summed E-state index contributed by atoms with van der Waals surface area (Å²) in [6.07, 6.45) is 4.98. The van der Waals surface area contributed by atoms with Crippen molar-refractivity contribution < 1.29 is 0 Å². The quantitative estimate of drug-likeness (QED) is 0.168. The van der Waals surface area contributed by atoms with Crippen LogP contribution < -0.4 is 4.90 Å². The van der Waals surface area contributed by atoms with Crippen LogP contribution in [-0.4, -0.2) is 0 Å². The van der Waals surface area contributed by atoms with Gasteiger partial charge in [0, 0.05) is 22.4 Å². The molecule has 1 nitrogen and oxygen atoms in total. The minimum absolute atomic E-state index is 0.109. The van der Waals surface area contributed by atoms with Crippen molar-refractivity contribution in [3.8, 4) is 44.5 Å². The molecule has 0 N–H and O–H groups in total. The van der Waals surface area contributed by atoms with Crippen molar-refractivity contribution in [1.82, 2.24) is 0 Å². The number of hydrogen-bond donors (Lipinski definition) is 0. The number of nitrogens with zero attached hydrogens (tertiary/aromatic N) is 1.